The van der Waals surface area contributed by atoms with Crippen molar-refractivity contribution in [1.82, 2.24) is 15.8 Å². The second-order valence-electron chi connectivity index (χ2n) is 6.25. The first-order chi connectivity index (χ1) is 13.5. The van der Waals surface area contributed by atoms with Crippen molar-refractivity contribution in [1.29, 1.82) is 0 Å². The van der Waals surface area contributed by atoms with E-state index in [0.717, 1.165) is 16.7 Å². The predicted octanol–water partition coefficient (Wildman–Crippen LogP) is 2.97. The van der Waals surface area contributed by atoms with Gasteiger partial charge in [-0.3, -0.25) is 10.2 Å². The molecule has 0 atom stereocenters. The van der Waals surface area contributed by atoms with E-state index in [1.807, 2.05) is 61.5 Å². The molecule has 0 spiro atoms. The fraction of sp³-hybridized carbons (Fsp3) is 0.273. The standard InChI is InChI=1S/C22H25N3O3/c1-18-10-6-7-13-20(18)14-8-9-15-21(26)24-25(2)17-23-22(27)28-16-19-11-4-3-5-12-19/h3-7,10-13H,9,15-17H2,1-2H3,(H,23,27)(H,24,26). The number of hydrogen-bond acceptors (Lipinski definition) is 4. The van der Waals surface area contributed by atoms with Crippen LogP contribution >= 0.6 is 0 Å². The topological polar surface area (TPSA) is 70.7 Å². The largest absolute Gasteiger partial charge is 0.445 e. The van der Waals surface area contributed by atoms with Crippen molar-refractivity contribution in [3.8, 4) is 11.8 Å². The van der Waals surface area contributed by atoms with Crippen molar-refractivity contribution in [3.05, 3.63) is 71.3 Å². The molecule has 0 heterocycles. The van der Waals surface area contributed by atoms with E-state index in [0.29, 0.717) is 6.42 Å². The Bertz CT molecular complexity index is 841. The maximum absolute atomic E-state index is 11.9. The van der Waals surface area contributed by atoms with Gasteiger partial charge in [0, 0.05) is 25.5 Å². The summed E-state index contributed by atoms with van der Waals surface area (Å²) in [5.74, 6) is 5.92. The number of ether oxygens (including phenoxy) is 1. The van der Waals surface area contributed by atoms with Crippen molar-refractivity contribution in [2.75, 3.05) is 13.7 Å². The van der Waals surface area contributed by atoms with Gasteiger partial charge in [-0.2, -0.15) is 0 Å². The Hall–Kier alpha value is -3.30. The Morgan fingerprint density at radius 1 is 1.07 bits per heavy atom. The van der Waals surface area contributed by atoms with E-state index >= 15 is 0 Å². The van der Waals surface area contributed by atoms with Gasteiger partial charge in [-0.25, -0.2) is 9.80 Å². The van der Waals surface area contributed by atoms with Crippen LogP contribution in [0.4, 0.5) is 4.79 Å². The quantitative estimate of drug-likeness (QED) is 0.441. The molecule has 28 heavy (non-hydrogen) atoms. The Labute approximate surface area is 165 Å². The van der Waals surface area contributed by atoms with Gasteiger partial charge >= 0.3 is 6.09 Å². The summed E-state index contributed by atoms with van der Waals surface area (Å²) in [6.07, 6.45) is 0.191. The van der Waals surface area contributed by atoms with Crippen LogP contribution < -0.4 is 10.7 Å². The first kappa shape index (κ1) is 21.0. The minimum atomic E-state index is -0.547. The number of nitrogens with zero attached hydrogens (tertiary/aromatic N) is 1. The van der Waals surface area contributed by atoms with E-state index in [2.05, 4.69) is 22.6 Å². The fourth-order valence-electron chi connectivity index (χ4n) is 2.31. The van der Waals surface area contributed by atoms with Gasteiger partial charge in [-0.05, 0) is 24.1 Å². The monoisotopic (exact) mass is 379 g/mol. The van der Waals surface area contributed by atoms with Gasteiger partial charge in [0.15, 0.2) is 0 Å². The maximum atomic E-state index is 11.9. The van der Waals surface area contributed by atoms with Gasteiger partial charge in [0.25, 0.3) is 0 Å². The second-order valence-corrected chi connectivity index (χ2v) is 6.25. The SMILES string of the molecule is Cc1ccccc1C#CCCC(=O)NN(C)CNC(=O)OCc1ccccc1. The minimum Gasteiger partial charge on any atom is -0.445 e. The van der Waals surface area contributed by atoms with E-state index in [9.17, 15) is 9.59 Å². The second kappa shape index (κ2) is 11.4. The summed E-state index contributed by atoms with van der Waals surface area (Å²) in [7, 11) is 1.66. The van der Waals surface area contributed by atoms with Crippen LogP contribution in [-0.4, -0.2) is 30.7 Å². The molecule has 0 bridgehead atoms. The fourth-order valence-corrected chi connectivity index (χ4v) is 2.31. The van der Waals surface area contributed by atoms with Crippen LogP contribution in [0.1, 0.15) is 29.5 Å². The number of aryl methyl sites for hydroxylation is 1. The summed E-state index contributed by atoms with van der Waals surface area (Å²) in [5.41, 5.74) is 5.67. The van der Waals surface area contributed by atoms with Crippen molar-refractivity contribution >= 4 is 12.0 Å². The summed E-state index contributed by atoms with van der Waals surface area (Å²) in [4.78, 5) is 23.6. The third kappa shape index (κ3) is 7.94. The van der Waals surface area contributed by atoms with E-state index < -0.39 is 6.09 Å². The molecular formula is C22H25N3O3. The number of hydrogen-bond donors (Lipinski definition) is 2. The van der Waals surface area contributed by atoms with Crippen LogP contribution in [0.25, 0.3) is 0 Å². The molecule has 146 valence electrons. The summed E-state index contributed by atoms with van der Waals surface area (Å²) in [6, 6.07) is 17.3. The lowest BCUT2D eigenvalue weighted by atomic mass is 10.1. The minimum absolute atomic E-state index is 0.133. The highest BCUT2D eigenvalue weighted by atomic mass is 16.5. The molecule has 2 rings (SSSR count). The summed E-state index contributed by atoms with van der Waals surface area (Å²) < 4.78 is 5.11. The predicted molar refractivity (Wildman–Crippen MR) is 108 cm³/mol. The van der Waals surface area contributed by atoms with Gasteiger partial charge in [-0.15, -0.1) is 0 Å². The lowest BCUT2D eigenvalue weighted by Gasteiger charge is -2.18. The molecule has 2 aromatic rings. The molecule has 6 heteroatoms. The summed E-state index contributed by atoms with van der Waals surface area (Å²) in [5, 5.41) is 4.06. The maximum Gasteiger partial charge on any atom is 0.408 e. The van der Waals surface area contributed by atoms with Gasteiger partial charge in [-0.1, -0.05) is 60.4 Å². The Kier molecular flexibility index (Phi) is 8.57. The Morgan fingerprint density at radius 3 is 2.54 bits per heavy atom. The molecule has 6 nitrogen and oxygen atoms in total. The number of amides is 2. The van der Waals surface area contributed by atoms with E-state index in [4.69, 9.17) is 4.74 Å². The number of hydrazine groups is 1. The van der Waals surface area contributed by atoms with Crippen molar-refractivity contribution in [2.45, 2.75) is 26.4 Å². The molecule has 0 saturated carbocycles. The van der Waals surface area contributed by atoms with Crippen LogP contribution in [0.3, 0.4) is 0 Å². The average molecular weight is 379 g/mol. The number of benzene rings is 2. The Balaban J connectivity index is 1.61. The van der Waals surface area contributed by atoms with Crippen LogP contribution in [0.2, 0.25) is 0 Å². The van der Waals surface area contributed by atoms with Gasteiger partial charge in [0.2, 0.25) is 5.91 Å². The van der Waals surface area contributed by atoms with E-state index in [1.165, 1.54) is 5.01 Å². The van der Waals surface area contributed by atoms with Gasteiger partial charge < -0.3 is 10.1 Å². The molecule has 0 radical (unpaired) electrons. The number of nitrogens with one attached hydrogen (secondary N) is 2. The molecule has 0 aromatic heterocycles. The van der Waals surface area contributed by atoms with Crippen LogP contribution in [-0.2, 0) is 16.1 Å². The highest BCUT2D eigenvalue weighted by Crippen LogP contribution is 2.04. The van der Waals surface area contributed by atoms with E-state index in [-0.39, 0.29) is 25.6 Å². The Morgan fingerprint density at radius 2 is 1.79 bits per heavy atom. The molecule has 0 unspecified atom stereocenters. The number of alkyl carbamates (subject to hydrolysis) is 1. The first-order valence-corrected chi connectivity index (χ1v) is 9.04. The molecule has 2 amide bonds. The first-order valence-electron chi connectivity index (χ1n) is 9.04. The van der Waals surface area contributed by atoms with Crippen molar-refractivity contribution in [2.24, 2.45) is 0 Å². The van der Waals surface area contributed by atoms with E-state index in [1.54, 1.807) is 7.05 Å². The zero-order valence-corrected chi connectivity index (χ0v) is 16.2. The number of rotatable bonds is 7. The zero-order chi connectivity index (χ0) is 20.2. The molecule has 2 N–H and O–H groups in total. The lowest BCUT2D eigenvalue weighted by molar-refractivity contribution is -0.125. The smallest absolute Gasteiger partial charge is 0.408 e. The molecule has 0 saturated heterocycles. The molecular weight excluding hydrogens is 354 g/mol. The molecule has 0 aliphatic heterocycles. The average Bonchev–Trinajstić information content (AvgIpc) is 2.70. The highest BCUT2D eigenvalue weighted by molar-refractivity contribution is 5.75. The third-order valence-corrected chi connectivity index (χ3v) is 3.83. The highest BCUT2D eigenvalue weighted by Gasteiger charge is 2.07. The number of carbonyl (C=O) groups is 2. The van der Waals surface area contributed by atoms with Crippen LogP contribution in [0.5, 0.6) is 0 Å². The van der Waals surface area contributed by atoms with Crippen LogP contribution in [0, 0.1) is 18.8 Å². The zero-order valence-electron chi connectivity index (χ0n) is 16.2. The molecule has 0 fully saturated rings. The van der Waals surface area contributed by atoms with Gasteiger partial charge in [0.1, 0.15) is 6.61 Å². The third-order valence-electron chi connectivity index (χ3n) is 3.83. The van der Waals surface area contributed by atoms with Crippen LogP contribution in [0.15, 0.2) is 54.6 Å². The van der Waals surface area contributed by atoms with Crippen molar-refractivity contribution < 1.29 is 14.3 Å². The van der Waals surface area contributed by atoms with Crippen molar-refractivity contribution in [3.63, 3.8) is 0 Å². The van der Waals surface area contributed by atoms with Gasteiger partial charge in [0.05, 0.1) is 6.67 Å². The molecule has 2 aromatic carbocycles. The normalized spacial score (nSPS) is 9.96. The number of carbonyl (C=O) groups excluding carboxylic acids is 2. The lowest BCUT2D eigenvalue weighted by Crippen LogP contribution is -2.45. The molecule has 0 aliphatic rings. The summed E-state index contributed by atoms with van der Waals surface area (Å²) >= 11 is 0. The summed E-state index contributed by atoms with van der Waals surface area (Å²) in [6.45, 7) is 2.33. The molecule has 0 aliphatic carbocycles.